The first kappa shape index (κ1) is 9.21. The minimum Gasteiger partial charge on any atom is -0.384 e. The van der Waals surface area contributed by atoms with Gasteiger partial charge in [-0.25, -0.2) is 9.97 Å². The highest BCUT2D eigenvalue weighted by molar-refractivity contribution is 6.29. The second-order valence-corrected chi connectivity index (χ2v) is 3.71. The van der Waals surface area contributed by atoms with Crippen molar-refractivity contribution in [3.8, 4) is 0 Å². The van der Waals surface area contributed by atoms with Gasteiger partial charge < -0.3 is 5.73 Å². The van der Waals surface area contributed by atoms with E-state index in [0.29, 0.717) is 16.6 Å². The smallest absolute Gasteiger partial charge is 0.163 e. The van der Waals surface area contributed by atoms with Crippen LogP contribution in [0.25, 0.3) is 11.0 Å². The van der Waals surface area contributed by atoms with Crippen LogP contribution in [0.1, 0.15) is 11.1 Å². The van der Waals surface area contributed by atoms with Crippen molar-refractivity contribution in [3.05, 3.63) is 28.4 Å². The van der Waals surface area contributed by atoms with Crippen molar-refractivity contribution in [2.45, 2.75) is 13.8 Å². The summed E-state index contributed by atoms with van der Waals surface area (Å²) in [6.07, 6.45) is 0. The number of hydrogen-bond donors (Lipinski definition) is 1. The Hall–Kier alpha value is -1.35. The Bertz CT molecular complexity index is 465. The van der Waals surface area contributed by atoms with Gasteiger partial charge in [0.25, 0.3) is 0 Å². The van der Waals surface area contributed by atoms with E-state index in [2.05, 4.69) is 9.97 Å². The van der Waals surface area contributed by atoms with Crippen LogP contribution in [0.3, 0.4) is 0 Å². The quantitative estimate of drug-likeness (QED) is 0.676. The Kier molecular flexibility index (Phi) is 2.04. The number of nitrogens with zero attached hydrogens (tertiary/aromatic N) is 2. The molecule has 72 valence electrons. The molecule has 0 radical (unpaired) electrons. The number of pyridine rings is 2. The lowest BCUT2D eigenvalue weighted by molar-refractivity contribution is 1.25. The molecular formula is C10H10ClN3. The van der Waals surface area contributed by atoms with Gasteiger partial charge in [0, 0.05) is 5.39 Å². The van der Waals surface area contributed by atoms with Gasteiger partial charge in [0.15, 0.2) is 5.65 Å². The van der Waals surface area contributed by atoms with Crippen molar-refractivity contribution >= 4 is 28.5 Å². The molecule has 14 heavy (non-hydrogen) atoms. The number of halogens is 1. The summed E-state index contributed by atoms with van der Waals surface area (Å²) in [5.41, 5.74) is 8.40. The summed E-state index contributed by atoms with van der Waals surface area (Å²) in [4.78, 5) is 8.27. The third-order valence-corrected chi connectivity index (χ3v) is 2.35. The van der Waals surface area contributed by atoms with Crippen LogP contribution >= 0.6 is 11.6 Å². The number of aryl methyl sites for hydroxylation is 2. The number of anilines is 1. The summed E-state index contributed by atoms with van der Waals surface area (Å²) in [5, 5.41) is 1.48. The van der Waals surface area contributed by atoms with E-state index < -0.39 is 0 Å². The fourth-order valence-corrected chi connectivity index (χ4v) is 1.88. The van der Waals surface area contributed by atoms with Crippen LogP contribution in [0.2, 0.25) is 5.15 Å². The number of aromatic nitrogens is 2. The van der Waals surface area contributed by atoms with Gasteiger partial charge in [-0.2, -0.15) is 0 Å². The summed E-state index contributed by atoms with van der Waals surface area (Å²) in [6.45, 7) is 3.98. The Labute approximate surface area is 86.9 Å². The summed E-state index contributed by atoms with van der Waals surface area (Å²) in [6, 6.07) is 3.67. The Balaban J connectivity index is 2.94. The maximum absolute atomic E-state index is 5.84. The highest BCUT2D eigenvalue weighted by Crippen LogP contribution is 2.23. The number of hydrogen-bond acceptors (Lipinski definition) is 3. The third kappa shape index (κ3) is 1.40. The lowest BCUT2D eigenvalue weighted by atomic mass is 10.1. The largest absolute Gasteiger partial charge is 0.384 e. The Morgan fingerprint density at radius 1 is 1.14 bits per heavy atom. The van der Waals surface area contributed by atoms with Crippen LogP contribution in [0, 0.1) is 13.8 Å². The molecular weight excluding hydrogens is 198 g/mol. The fraction of sp³-hybridized carbons (Fsp3) is 0.200. The van der Waals surface area contributed by atoms with Gasteiger partial charge in [-0.1, -0.05) is 11.6 Å². The van der Waals surface area contributed by atoms with Crippen LogP contribution in [0.15, 0.2) is 12.1 Å². The number of fused-ring (bicyclic) bond motifs is 1. The van der Waals surface area contributed by atoms with Gasteiger partial charge in [0.05, 0.1) is 0 Å². The lowest BCUT2D eigenvalue weighted by Gasteiger charge is -2.05. The van der Waals surface area contributed by atoms with Crippen LogP contribution in [0.4, 0.5) is 5.82 Å². The first-order chi connectivity index (χ1) is 6.58. The average molecular weight is 208 g/mol. The van der Waals surface area contributed by atoms with Gasteiger partial charge >= 0.3 is 0 Å². The van der Waals surface area contributed by atoms with E-state index in [1.54, 1.807) is 0 Å². The zero-order chi connectivity index (χ0) is 10.3. The molecule has 0 bridgehead atoms. The highest BCUT2D eigenvalue weighted by Gasteiger charge is 2.06. The molecule has 4 heteroatoms. The molecule has 2 heterocycles. The minimum absolute atomic E-state index is 0.451. The number of nitrogens with two attached hydrogens (primary N) is 1. The molecule has 0 aliphatic carbocycles. The standard InChI is InChI=1S/C10H10ClN3/c1-5-3-7(11)13-10-9(5)6(2)4-8(12)14-10/h3-4H,1-2H3,(H2,12,13,14). The van der Waals surface area contributed by atoms with E-state index in [4.69, 9.17) is 17.3 Å². The van der Waals surface area contributed by atoms with E-state index in [1.165, 1.54) is 0 Å². The van der Waals surface area contributed by atoms with Crippen molar-refractivity contribution in [3.63, 3.8) is 0 Å². The van der Waals surface area contributed by atoms with E-state index in [9.17, 15) is 0 Å². The maximum Gasteiger partial charge on any atom is 0.163 e. The van der Waals surface area contributed by atoms with Gasteiger partial charge in [0.1, 0.15) is 11.0 Å². The number of rotatable bonds is 0. The topological polar surface area (TPSA) is 51.8 Å². The van der Waals surface area contributed by atoms with Gasteiger partial charge in [-0.3, -0.25) is 0 Å². The van der Waals surface area contributed by atoms with E-state index in [-0.39, 0.29) is 0 Å². The van der Waals surface area contributed by atoms with Crippen molar-refractivity contribution in [1.82, 2.24) is 9.97 Å². The number of nitrogen functional groups attached to an aromatic ring is 1. The van der Waals surface area contributed by atoms with Crippen molar-refractivity contribution in [1.29, 1.82) is 0 Å². The van der Waals surface area contributed by atoms with Crippen LogP contribution in [0.5, 0.6) is 0 Å². The van der Waals surface area contributed by atoms with Crippen LogP contribution in [-0.2, 0) is 0 Å². The highest BCUT2D eigenvalue weighted by atomic mass is 35.5. The normalized spacial score (nSPS) is 10.8. The third-order valence-electron chi connectivity index (χ3n) is 2.16. The molecule has 0 fully saturated rings. The zero-order valence-electron chi connectivity index (χ0n) is 8.00. The zero-order valence-corrected chi connectivity index (χ0v) is 8.76. The van der Waals surface area contributed by atoms with E-state index in [1.807, 2.05) is 26.0 Å². The van der Waals surface area contributed by atoms with E-state index >= 15 is 0 Å². The van der Waals surface area contributed by atoms with E-state index in [0.717, 1.165) is 16.5 Å². The molecule has 3 nitrogen and oxygen atoms in total. The van der Waals surface area contributed by atoms with Gasteiger partial charge in [-0.05, 0) is 37.1 Å². The second kappa shape index (κ2) is 3.10. The SMILES string of the molecule is Cc1cc(N)nc2nc(Cl)cc(C)c12. The molecule has 0 spiro atoms. The van der Waals surface area contributed by atoms with Crippen LogP contribution < -0.4 is 5.73 Å². The predicted octanol–water partition coefficient (Wildman–Crippen LogP) is 2.48. The molecule has 2 rings (SSSR count). The van der Waals surface area contributed by atoms with Crippen molar-refractivity contribution < 1.29 is 0 Å². The molecule has 0 unspecified atom stereocenters. The summed E-state index contributed by atoms with van der Waals surface area (Å²) in [5.74, 6) is 0.476. The van der Waals surface area contributed by atoms with Gasteiger partial charge in [0.2, 0.25) is 0 Å². The second-order valence-electron chi connectivity index (χ2n) is 3.32. The first-order valence-corrected chi connectivity index (χ1v) is 4.65. The molecule has 0 saturated heterocycles. The summed E-state index contributed by atoms with van der Waals surface area (Å²) < 4.78 is 0. The summed E-state index contributed by atoms with van der Waals surface area (Å²) in [7, 11) is 0. The fourth-order valence-electron chi connectivity index (χ4n) is 1.63. The van der Waals surface area contributed by atoms with Crippen molar-refractivity contribution in [2.75, 3.05) is 5.73 Å². The summed E-state index contributed by atoms with van der Waals surface area (Å²) >= 11 is 5.84. The first-order valence-electron chi connectivity index (χ1n) is 4.28. The monoisotopic (exact) mass is 207 g/mol. The maximum atomic E-state index is 5.84. The van der Waals surface area contributed by atoms with Crippen LogP contribution in [-0.4, -0.2) is 9.97 Å². The molecule has 2 aromatic heterocycles. The van der Waals surface area contributed by atoms with Crippen molar-refractivity contribution in [2.24, 2.45) is 0 Å². The molecule has 2 aromatic rings. The minimum atomic E-state index is 0.451. The molecule has 0 amide bonds. The Morgan fingerprint density at radius 3 is 2.50 bits per heavy atom. The molecule has 0 atom stereocenters. The predicted molar refractivity (Wildman–Crippen MR) is 58.4 cm³/mol. The van der Waals surface area contributed by atoms with Gasteiger partial charge in [-0.15, -0.1) is 0 Å². The molecule has 0 aliphatic rings. The molecule has 0 aromatic carbocycles. The lowest BCUT2D eigenvalue weighted by Crippen LogP contribution is -1.96. The molecule has 0 saturated carbocycles. The molecule has 0 aliphatic heterocycles. The molecule has 2 N–H and O–H groups in total. The Morgan fingerprint density at radius 2 is 1.79 bits per heavy atom. The average Bonchev–Trinajstić information content (AvgIpc) is 1.99.